The van der Waals surface area contributed by atoms with E-state index < -0.39 is 6.09 Å². The van der Waals surface area contributed by atoms with Crippen LogP contribution in [-0.2, 0) is 11.3 Å². The number of benzene rings is 1. The number of unbranched alkanes of at least 4 members (excludes halogenated alkanes) is 1. The summed E-state index contributed by atoms with van der Waals surface area (Å²) in [5, 5.41) is 17.7. The van der Waals surface area contributed by atoms with E-state index in [1.54, 1.807) is 5.06 Å². The van der Waals surface area contributed by atoms with Crippen LogP contribution in [0.4, 0.5) is 10.5 Å². The number of thiazole rings is 1. The van der Waals surface area contributed by atoms with Gasteiger partial charge in [0.05, 0.1) is 11.1 Å². The van der Waals surface area contributed by atoms with Crippen molar-refractivity contribution in [1.29, 1.82) is 0 Å². The Morgan fingerprint density at radius 2 is 1.92 bits per heavy atom. The largest absolute Gasteiger partial charge is 0.430 e. The van der Waals surface area contributed by atoms with Crippen LogP contribution in [0.1, 0.15) is 85.3 Å². The van der Waals surface area contributed by atoms with E-state index in [0.717, 1.165) is 67.8 Å². The van der Waals surface area contributed by atoms with Crippen LogP contribution in [0, 0.1) is 5.92 Å². The second-order valence-electron chi connectivity index (χ2n) is 10.6. The van der Waals surface area contributed by atoms with Gasteiger partial charge in [-0.15, -0.1) is 16.4 Å². The average Bonchev–Trinajstić information content (AvgIpc) is 3.44. The number of allylic oxidation sites excluding steroid dienone is 1. The Bertz CT molecular complexity index is 1140. The molecule has 2 fully saturated rings. The normalized spacial score (nSPS) is 22.5. The van der Waals surface area contributed by atoms with Gasteiger partial charge in [-0.2, -0.15) is 0 Å². The van der Waals surface area contributed by atoms with Gasteiger partial charge in [0, 0.05) is 48.2 Å². The van der Waals surface area contributed by atoms with Crippen LogP contribution in [0.2, 0.25) is 0 Å². The van der Waals surface area contributed by atoms with Crippen molar-refractivity contribution in [3.05, 3.63) is 57.7 Å². The van der Waals surface area contributed by atoms with Crippen LogP contribution in [-0.4, -0.2) is 57.8 Å². The Morgan fingerprint density at radius 1 is 1.13 bits per heavy atom. The lowest BCUT2D eigenvalue weighted by atomic mass is 9.82. The standard InChI is InChI=1S/C29H38N4O4S/c1-2-3-6-20-9-11-22(12-10-20)30-29(36)37-32-16-13-21(14-17-32)27-31-24(19-38-27)28(35)33-18-15-26(34)23-7-4-5-8-25(23)33/h8-12,19,21,23,26,34H,2-7,13-18H2,1H3,(H,30,36). The van der Waals surface area contributed by atoms with Gasteiger partial charge < -0.3 is 14.8 Å². The minimum absolute atomic E-state index is 0.0613. The molecule has 0 saturated carbocycles. The number of aromatic nitrogens is 1. The Hall–Kier alpha value is -2.75. The van der Waals surface area contributed by atoms with E-state index in [4.69, 9.17) is 9.82 Å². The first-order valence-electron chi connectivity index (χ1n) is 14.0. The molecule has 2 aliphatic heterocycles. The Labute approximate surface area is 228 Å². The van der Waals surface area contributed by atoms with Crippen molar-refractivity contribution in [3.63, 3.8) is 0 Å². The highest BCUT2D eigenvalue weighted by atomic mass is 32.1. The van der Waals surface area contributed by atoms with Crippen LogP contribution in [0.25, 0.3) is 0 Å². The fourth-order valence-corrected chi connectivity index (χ4v) is 6.66. The highest BCUT2D eigenvalue weighted by Crippen LogP contribution is 2.37. The molecule has 2 amide bonds. The molecule has 2 N–H and O–H groups in total. The molecule has 3 aliphatic rings. The van der Waals surface area contributed by atoms with Crippen molar-refractivity contribution in [2.24, 2.45) is 5.92 Å². The van der Waals surface area contributed by atoms with E-state index in [1.807, 2.05) is 34.5 Å². The van der Waals surface area contributed by atoms with Crippen molar-refractivity contribution < 1.29 is 19.5 Å². The molecule has 3 heterocycles. The lowest BCUT2D eigenvalue weighted by molar-refractivity contribution is -0.108. The van der Waals surface area contributed by atoms with Crippen molar-refractivity contribution in [3.8, 4) is 0 Å². The second-order valence-corrected chi connectivity index (χ2v) is 11.4. The topological polar surface area (TPSA) is 95.0 Å². The Kier molecular flexibility index (Phi) is 8.76. The predicted molar refractivity (Wildman–Crippen MR) is 148 cm³/mol. The third-order valence-electron chi connectivity index (χ3n) is 7.90. The number of piperidine rings is 2. The fraction of sp³-hybridized carbons (Fsp3) is 0.552. The number of hydroxylamine groups is 2. The molecule has 9 heteroatoms. The highest BCUT2D eigenvalue weighted by Gasteiger charge is 2.37. The summed E-state index contributed by atoms with van der Waals surface area (Å²) in [7, 11) is 0. The third kappa shape index (κ3) is 6.27. The predicted octanol–water partition coefficient (Wildman–Crippen LogP) is 5.72. The van der Waals surface area contributed by atoms with E-state index >= 15 is 0 Å². The molecule has 2 atom stereocenters. The van der Waals surface area contributed by atoms with Gasteiger partial charge in [0.1, 0.15) is 5.69 Å². The quantitative estimate of drug-likeness (QED) is 0.468. The summed E-state index contributed by atoms with van der Waals surface area (Å²) in [6, 6.07) is 7.92. The zero-order valence-corrected chi connectivity index (χ0v) is 22.9. The summed E-state index contributed by atoms with van der Waals surface area (Å²) < 4.78 is 0. The van der Waals surface area contributed by atoms with Gasteiger partial charge in [0.25, 0.3) is 5.91 Å². The first-order chi connectivity index (χ1) is 18.5. The molecule has 38 heavy (non-hydrogen) atoms. The number of hydrogen-bond donors (Lipinski definition) is 2. The molecule has 2 unspecified atom stereocenters. The van der Waals surface area contributed by atoms with Crippen molar-refractivity contribution in [2.45, 2.75) is 76.7 Å². The number of anilines is 1. The first-order valence-corrected chi connectivity index (χ1v) is 14.9. The maximum absolute atomic E-state index is 13.3. The van der Waals surface area contributed by atoms with E-state index in [-0.39, 0.29) is 23.8 Å². The third-order valence-corrected chi connectivity index (χ3v) is 8.91. The fourth-order valence-electron chi connectivity index (χ4n) is 5.70. The van der Waals surface area contributed by atoms with E-state index in [9.17, 15) is 14.7 Å². The highest BCUT2D eigenvalue weighted by molar-refractivity contribution is 7.09. The summed E-state index contributed by atoms with van der Waals surface area (Å²) in [5.41, 5.74) is 3.46. The summed E-state index contributed by atoms with van der Waals surface area (Å²) in [5.74, 6) is 0.240. The number of rotatable bonds is 7. The minimum atomic E-state index is -0.478. The SMILES string of the molecule is CCCCc1ccc(NC(=O)ON2CCC(c3nc(C(=O)N4CCC(O)C5CCCC=C54)cs3)CC2)cc1. The molecule has 5 rings (SSSR count). The number of carbonyl (C=O) groups is 2. The number of aliphatic hydroxyl groups is 1. The number of fused-ring (bicyclic) bond motifs is 1. The molecule has 1 aromatic carbocycles. The van der Waals surface area contributed by atoms with Gasteiger partial charge in [0.2, 0.25) is 0 Å². The molecule has 1 aromatic heterocycles. The van der Waals surface area contributed by atoms with Crippen LogP contribution < -0.4 is 5.32 Å². The Balaban J connectivity index is 1.10. The molecule has 204 valence electrons. The van der Waals surface area contributed by atoms with Crippen molar-refractivity contribution in [2.75, 3.05) is 25.0 Å². The number of carbonyl (C=O) groups excluding carboxylic acids is 2. The van der Waals surface area contributed by atoms with Gasteiger partial charge in [-0.1, -0.05) is 31.6 Å². The number of nitrogens with zero attached hydrogens (tertiary/aromatic N) is 3. The molecule has 8 nitrogen and oxygen atoms in total. The van der Waals surface area contributed by atoms with Crippen LogP contribution in [0.3, 0.4) is 0 Å². The summed E-state index contributed by atoms with van der Waals surface area (Å²) >= 11 is 1.54. The lowest BCUT2D eigenvalue weighted by Gasteiger charge is -2.40. The summed E-state index contributed by atoms with van der Waals surface area (Å²) in [4.78, 5) is 37.8. The molecule has 0 spiro atoms. The zero-order valence-electron chi connectivity index (χ0n) is 22.1. The number of aliphatic hydroxyl groups excluding tert-OH is 1. The van der Waals surface area contributed by atoms with Crippen LogP contribution >= 0.6 is 11.3 Å². The molecule has 2 saturated heterocycles. The van der Waals surface area contributed by atoms with Crippen molar-refractivity contribution >= 4 is 29.0 Å². The van der Waals surface area contributed by atoms with Gasteiger partial charge in [-0.3, -0.25) is 10.1 Å². The van der Waals surface area contributed by atoms with Gasteiger partial charge >= 0.3 is 6.09 Å². The number of hydrogen-bond acceptors (Lipinski definition) is 7. The molecule has 0 bridgehead atoms. The maximum atomic E-state index is 13.3. The number of aryl methyl sites for hydroxylation is 1. The first kappa shape index (κ1) is 26.8. The smallest absolute Gasteiger partial charge is 0.392 e. The minimum Gasteiger partial charge on any atom is -0.392 e. The zero-order chi connectivity index (χ0) is 26.5. The number of nitrogens with one attached hydrogen (secondary N) is 1. The Morgan fingerprint density at radius 3 is 2.68 bits per heavy atom. The molecule has 2 aromatic rings. The number of amides is 2. The monoisotopic (exact) mass is 538 g/mol. The van der Waals surface area contributed by atoms with Crippen molar-refractivity contribution in [1.82, 2.24) is 14.9 Å². The van der Waals surface area contributed by atoms with Gasteiger partial charge in [-0.05, 0) is 69.1 Å². The maximum Gasteiger partial charge on any atom is 0.430 e. The summed E-state index contributed by atoms with van der Waals surface area (Å²) in [6.07, 6.45) is 9.83. The number of likely N-dealkylation sites (tertiary alicyclic amines) is 1. The molecule has 1 aliphatic carbocycles. The van der Waals surface area contributed by atoms with Gasteiger partial charge in [-0.25, -0.2) is 9.78 Å². The second kappa shape index (κ2) is 12.4. The van der Waals surface area contributed by atoms with E-state index in [0.29, 0.717) is 31.7 Å². The summed E-state index contributed by atoms with van der Waals surface area (Å²) in [6.45, 7) is 3.96. The van der Waals surface area contributed by atoms with Gasteiger partial charge in [0.15, 0.2) is 0 Å². The average molecular weight is 539 g/mol. The van der Waals surface area contributed by atoms with Crippen LogP contribution in [0.15, 0.2) is 41.4 Å². The van der Waals surface area contributed by atoms with Crippen LogP contribution in [0.5, 0.6) is 0 Å². The molecular formula is C29H38N4O4S. The lowest BCUT2D eigenvalue weighted by Crippen LogP contribution is -2.45. The molecular weight excluding hydrogens is 500 g/mol. The molecule has 0 radical (unpaired) electrons. The van der Waals surface area contributed by atoms with E-state index in [1.165, 1.54) is 16.9 Å². The van der Waals surface area contributed by atoms with E-state index in [2.05, 4.69) is 18.3 Å².